The zero-order chi connectivity index (χ0) is 24.4. The lowest BCUT2D eigenvalue weighted by Crippen LogP contribution is -2.38. The van der Waals surface area contributed by atoms with Crippen LogP contribution in [-0.4, -0.2) is 57.6 Å². The minimum atomic E-state index is -0.441. The van der Waals surface area contributed by atoms with Crippen molar-refractivity contribution in [3.05, 3.63) is 75.5 Å². The molecule has 1 amide bonds. The number of aryl methyl sites for hydroxylation is 2. The summed E-state index contributed by atoms with van der Waals surface area (Å²) in [6, 6.07) is 8.68. The molecule has 1 aliphatic heterocycles. The molecule has 4 aromatic rings. The number of nitrogens with zero attached hydrogens (tertiary/aromatic N) is 4. The summed E-state index contributed by atoms with van der Waals surface area (Å²) in [5.41, 5.74) is 1.72. The Morgan fingerprint density at radius 2 is 2.03 bits per heavy atom. The second-order valence-corrected chi connectivity index (χ2v) is 8.72. The molecule has 10 heteroatoms. The Balaban J connectivity index is 1.55. The summed E-state index contributed by atoms with van der Waals surface area (Å²) in [7, 11) is 0. The van der Waals surface area contributed by atoms with Crippen molar-refractivity contribution < 1.29 is 13.9 Å². The normalized spacial score (nSPS) is 14.5. The quantitative estimate of drug-likeness (QED) is 0.392. The standard InChI is InChI=1S/C25H28N6O4/c1-17-5-6-21-28-23-20(25(33)31(21)16-17)14-19(24(32)27-15-18-4-2-11-35-18)22(26)30(23)8-3-7-29-9-12-34-13-10-29/h2,4-6,11,14,16,26H,3,7-10,12-13,15H2,1H3,(H,27,32). The van der Waals surface area contributed by atoms with Gasteiger partial charge in [-0.3, -0.25) is 24.3 Å². The van der Waals surface area contributed by atoms with E-state index in [1.54, 1.807) is 29.0 Å². The number of rotatable bonds is 7. The first-order chi connectivity index (χ1) is 17.0. The molecule has 0 unspecified atom stereocenters. The van der Waals surface area contributed by atoms with Crippen LogP contribution in [0.4, 0.5) is 0 Å². The van der Waals surface area contributed by atoms with Gasteiger partial charge in [0, 0.05) is 32.4 Å². The van der Waals surface area contributed by atoms with Crippen LogP contribution in [0, 0.1) is 12.3 Å². The Morgan fingerprint density at radius 3 is 2.80 bits per heavy atom. The molecule has 5 heterocycles. The lowest BCUT2D eigenvalue weighted by molar-refractivity contribution is 0.0369. The number of hydrogen-bond donors (Lipinski definition) is 2. The van der Waals surface area contributed by atoms with Crippen LogP contribution in [0.2, 0.25) is 0 Å². The van der Waals surface area contributed by atoms with Gasteiger partial charge in [-0.25, -0.2) is 4.98 Å². The molecule has 2 N–H and O–H groups in total. The van der Waals surface area contributed by atoms with Gasteiger partial charge in [0.1, 0.15) is 22.5 Å². The molecule has 0 radical (unpaired) electrons. The Kier molecular flexibility index (Phi) is 6.47. The van der Waals surface area contributed by atoms with Gasteiger partial charge in [-0.1, -0.05) is 6.07 Å². The van der Waals surface area contributed by atoms with Gasteiger partial charge in [0.2, 0.25) is 0 Å². The summed E-state index contributed by atoms with van der Waals surface area (Å²) in [5, 5.41) is 11.9. The first-order valence-electron chi connectivity index (χ1n) is 11.7. The van der Waals surface area contributed by atoms with Crippen molar-refractivity contribution in [3.8, 4) is 0 Å². The Bertz CT molecular complexity index is 1480. The van der Waals surface area contributed by atoms with Gasteiger partial charge in [-0.2, -0.15) is 0 Å². The van der Waals surface area contributed by atoms with Gasteiger partial charge in [0.15, 0.2) is 0 Å². The maximum absolute atomic E-state index is 13.4. The molecule has 0 aliphatic carbocycles. The van der Waals surface area contributed by atoms with Crippen LogP contribution in [0.15, 0.2) is 52.0 Å². The highest BCUT2D eigenvalue weighted by molar-refractivity contribution is 5.96. The molecule has 0 bridgehead atoms. The number of hydrogen-bond acceptors (Lipinski definition) is 7. The van der Waals surface area contributed by atoms with Crippen molar-refractivity contribution in [1.29, 1.82) is 5.41 Å². The maximum atomic E-state index is 13.4. The van der Waals surface area contributed by atoms with Crippen molar-refractivity contribution in [3.63, 3.8) is 0 Å². The van der Waals surface area contributed by atoms with E-state index >= 15 is 0 Å². The van der Waals surface area contributed by atoms with E-state index in [2.05, 4.69) is 10.2 Å². The molecule has 0 saturated carbocycles. The number of fused-ring (bicyclic) bond motifs is 2. The molecule has 1 aliphatic rings. The number of ether oxygens (including phenoxy) is 1. The second kappa shape index (κ2) is 9.85. The van der Waals surface area contributed by atoms with Crippen LogP contribution in [-0.2, 0) is 17.8 Å². The van der Waals surface area contributed by atoms with Gasteiger partial charge in [0.25, 0.3) is 11.5 Å². The third kappa shape index (κ3) is 4.75. The summed E-state index contributed by atoms with van der Waals surface area (Å²) in [6.45, 7) is 6.56. The summed E-state index contributed by atoms with van der Waals surface area (Å²) in [6.07, 6.45) is 4.02. The van der Waals surface area contributed by atoms with E-state index in [4.69, 9.17) is 19.5 Å². The zero-order valence-electron chi connectivity index (χ0n) is 19.6. The van der Waals surface area contributed by atoms with Crippen LogP contribution in [0.25, 0.3) is 16.7 Å². The SMILES string of the molecule is Cc1ccc2nc3c(cc(C(=O)NCc4ccco4)c(=N)n3CCCN3CCOCC3)c(=O)n2c1. The summed E-state index contributed by atoms with van der Waals surface area (Å²) >= 11 is 0. The number of nitrogens with one attached hydrogen (secondary N) is 2. The van der Waals surface area contributed by atoms with Gasteiger partial charge in [-0.05, 0) is 43.2 Å². The smallest absolute Gasteiger partial charge is 0.267 e. The fourth-order valence-corrected chi connectivity index (χ4v) is 4.39. The number of pyridine rings is 2. The fourth-order valence-electron chi connectivity index (χ4n) is 4.39. The third-order valence-corrected chi connectivity index (χ3v) is 6.26. The molecule has 10 nitrogen and oxygen atoms in total. The van der Waals surface area contributed by atoms with Gasteiger partial charge in [-0.15, -0.1) is 0 Å². The van der Waals surface area contributed by atoms with E-state index in [0.29, 0.717) is 29.0 Å². The lowest BCUT2D eigenvalue weighted by Gasteiger charge is -2.26. The van der Waals surface area contributed by atoms with Crippen LogP contribution >= 0.6 is 0 Å². The number of aromatic nitrogens is 3. The third-order valence-electron chi connectivity index (χ3n) is 6.26. The highest BCUT2D eigenvalue weighted by atomic mass is 16.5. The van der Waals surface area contributed by atoms with Crippen molar-refractivity contribution in [2.75, 3.05) is 32.8 Å². The van der Waals surface area contributed by atoms with Crippen LogP contribution in [0.1, 0.15) is 28.1 Å². The minimum absolute atomic E-state index is 0.0276. The number of morpholine rings is 1. The predicted molar refractivity (Wildman–Crippen MR) is 129 cm³/mol. The molecule has 0 spiro atoms. The monoisotopic (exact) mass is 476 g/mol. The molecule has 35 heavy (non-hydrogen) atoms. The maximum Gasteiger partial charge on any atom is 0.267 e. The molecule has 1 saturated heterocycles. The molecular formula is C25H28N6O4. The van der Waals surface area contributed by atoms with Crippen molar-refractivity contribution in [2.24, 2.45) is 0 Å². The van der Waals surface area contributed by atoms with E-state index in [1.165, 1.54) is 16.7 Å². The van der Waals surface area contributed by atoms with Crippen molar-refractivity contribution >= 4 is 22.6 Å². The van der Waals surface area contributed by atoms with Gasteiger partial charge < -0.3 is 19.0 Å². The molecule has 1 fully saturated rings. The summed E-state index contributed by atoms with van der Waals surface area (Å²) in [5.74, 6) is 0.163. The molecular weight excluding hydrogens is 448 g/mol. The topological polar surface area (TPSA) is 118 Å². The number of furan rings is 1. The van der Waals surface area contributed by atoms with E-state index < -0.39 is 5.91 Å². The van der Waals surface area contributed by atoms with Crippen molar-refractivity contribution in [1.82, 2.24) is 24.2 Å². The minimum Gasteiger partial charge on any atom is -0.467 e. The Labute approximate surface area is 201 Å². The molecule has 5 rings (SSSR count). The highest BCUT2D eigenvalue weighted by Crippen LogP contribution is 2.12. The van der Waals surface area contributed by atoms with Gasteiger partial charge in [0.05, 0.1) is 37.0 Å². The summed E-state index contributed by atoms with van der Waals surface area (Å²) < 4.78 is 13.9. The van der Waals surface area contributed by atoms with Crippen LogP contribution < -0.4 is 16.4 Å². The first kappa shape index (κ1) is 23.0. The largest absolute Gasteiger partial charge is 0.467 e. The fraction of sp³-hybridized carbons (Fsp3) is 0.360. The average molecular weight is 477 g/mol. The van der Waals surface area contributed by atoms with Crippen LogP contribution in [0.5, 0.6) is 0 Å². The molecule has 4 aromatic heterocycles. The zero-order valence-corrected chi connectivity index (χ0v) is 19.6. The first-order valence-corrected chi connectivity index (χ1v) is 11.7. The number of amides is 1. The van der Waals surface area contributed by atoms with E-state index in [1.807, 2.05) is 13.0 Å². The number of carbonyl (C=O) groups is 1. The molecule has 0 atom stereocenters. The molecule has 0 aromatic carbocycles. The number of carbonyl (C=O) groups excluding carboxylic acids is 1. The second-order valence-electron chi connectivity index (χ2n) is 8.72. The molecule has 182 valence electrons. The summed E-state index contributed by atoms with van der Waals surface area (Å²) in [4.78, 5) is 33.5. The highest BCUT2D eigenvalue weighted by Gasteiger charge is 2.18. The van der Waals surface area contributed by atoms with Crippen molar-refractivity contribution in [2.45, 2.75) is 26.4 Å². The lowest BCUT2D eigenvalue weighted by atomic mass is 10.2. The predicted octanol–water partition coefficient (Wildman–Crippen LogP) is 1.68. The van der Waals surface area contributed by atoms with Crippen LogP contribution in [0.3, 0.4) is 0 Å². The Morgan fingerprint density at radius 1 is 1.20 bits per heavy atom. The Hall–Kier alpha value is -3.76. The van der Waals surface area contributed by atoms with E-state index in [9.17, 15) is 9.59 Å². The van der Waals surface area contributed by atoms with E-state index in [-0.39, 0.29) is 23.2 Å². The van der Waals surface area contributed by atoms with Gasteiger partial charge >= 0.3 is 0 Å². The van der Waals surface area contributed by atoms with E-state index in [0.717, 1.165) is 44.8 Å². The average Bonchev–Trinajstić information content (AvgIpc) is 3.39.